The van der Waals surface area contributed by atoms with E-state index in [1.165, 1.54) is 13.2 Å². The molecule has 21 heavy (non-hydrogen) atoms. The van der Waals surface area contributed by atoms with Crippen molar-refractivity contribution in [2.45, 2.75) is 12.8 Å². The molecular formula is C14H18ClNO4S. The Morgan fingerprint density at radius 2 is 2.19 bits per heavy atom. The summed E-state index contributed by atoms with van der Waals surface area (Å²) in [5, 5.41) is 9.13. The maximum atomic E-state index is 12.0. The average molecular weight is 332 g/mol. The average Bonchev–Trinajstić information content (AvgIpc) is 2.41. The third-order valence-electron chi connectivity index (χ3n) is 2.47. The van der Waals surface area contributed by atoms with Crippen LogP contribution in [0.5, 0.6) is 0 Å². The van der Waals surface area contributed by atoms with Crippen molar-refractivity contribution in [3.63, 3.8) is 0 Å². The highest BCUT2D eigenvalue weighted by Crippen LogP contribution is 2.21. The highest BCUT2D eigenvalue weighted by atomic mass is 35.5. The molecule has 0 spiro atoms. The standard InChI is InChI=1S/C14H18ClNO4S/c1-20-9-4-10-21(18,19)16-14-11-13(15)7-6-12(14)5-2-3-8-17/h6-7,11,16-17H,3-4,8-10H2,1H3. The van der Waals surface area contributed by atoms with Gasteiger partial charge in [-0.3, -0.25) is 4.72 Å². The maximum absolute atomic E-state index is 12.0. The fourth-order valence-corrected chi connectivity index (χ4v) is 2.81. The molecule has 0 aliphatic rings. The van der Waals surface area contributed by atoms with Gasteiger partial charge in [-0.1, -0.05) is 23.4 Å². The quantitative estimate of drug-likeness (QED) is 0.590. The van der Waals surface area contributed by atoms with E-state index < -0.39 is 10.0 Å². The number of aliphatic hydroxyl groups is 1. The Bertz CT molecular complexity index is 620. The summed E-state index contributed by atoms with van der Waals surface area (Å²) in [6.45, 7) is 0.332. The van der Waals surface area contributed by atoms with E-state index in [1.54, 1.807) is 12.1 Å². The highest BCUT2D eigenvalue weighted by Gasteiger charge is 2.12. The van der Waals surface area contributed by atoms with Crippen molar-refractivity contribution in [1.29, 1.82) is 0 Å². The number of rotatable bonds is 7. The van der Waals surface area contributed by atoms with Crippen LogP contribution in [0.3, 0.4) is 0 Å². The number of methoxy groups -OCH3 is 1. The maximum Gasteiger partial charge on any atom is 0.232 e. The highest BCUT2D eigenvalue weighted by molar-refractivity contribution is 7.92. The Kier molecular flexibility index (Phi) is 7.54. The summed E-state index contributed by atoms with van der Waals surface area (Å²) in [4.78, 5) is 0. The fraction of sp³-hybridized carbons (Fsp3) is 0.429. The molecule has 1 aromatic rings. The van der Waals surface area contributed by atoms with Crippen LogP contribution in [0.4, 0.5) is 5.69 Å². The molecule has 1 aromatic carbocycles. The van der Waals surface area contributed by atoms with Gasteiger partial charge in [0.25, 0.3) is 0 Å². The number of sulfonamides is 1. The number of ether oxygens (including phenoxy) is 1. The topological polar surface area (TPSA) is 75.6 Å². The van der Waals surface area contributed by atoms with E-state index in [0.29, 0.717) is 35.7 Å². The van der Waals surface area contributed by atoms with Crippen LogP contribution in [0.2, 0.25) is 5.02 Å². The number of hydrogen-bond acceptors (Lipinski definition) is 4. The molecular weight excluding hydrogens is 314 g/mol. The second-order valence-electron chi connectivity index (χ2n) is 4.23. The molecule has 2 N–H and O–H groups in total. The molecule has 0 fully saturated rings. The van der Waals surface area contributed by atoms with Crippen LogP contribution in [-0.4, -0.2) is 39.6 Å². The van der Waals surface area contributed by atoms with Crippen molar-refractivity contribution in [3.05, 3.63) is 28.8 Å². The van der Waals surface area contributed by atoms with Crippen molar-refractivity contribution in [3.8, 4) is 11.8 Å². The van der Waals surface area contributed by atoms with Crippen molar-refractivity contribution in [1.82, 2.24) is 0 Å². The zero-order chi connectivity index (χ0) is 15.7. The van der Waals surface area contributed by atoms with Crippen molar-refractivity contribution in [2.75, 3.05) is 30.8 Å². The first-order chi connectivity index (χ1) is 9.98. The van der Waals surface area contributed by atoms with Gasteiger partial charge in [-0.15, -0.1) is 0 Å². The lowest BCUT2D eigenvalue weighted by Crippen LogP contribution is -2.18. The molecule has 0 bridgehead atoms. The van der Waals surface area contributed by atoms with Gasteiger partial charge in [0, 0.05) is 30.7 Å². The van der Waals surface area contributed by atoms with E-state index in [1.807, 2.05) is 0 Å². The molecule has 0 atom stereocenters. The van der Waals surface area contributed by atoms with Crippen LogP contribution in [0.1, 0.15) is 18.4 Å². The molecule has 0 aromatic heterocycles. The van der Waals surface area contributed by atoms with Crippen LogP contribution < -0.4 is 4.72 Å². The summed E-state index contributed by atoms with van der Waals surface area (Å²) in [7, 11) is -1.96. The van der Waals surface area contributed by atoms with Crippen LogP contribution in [0.15, 0.2) is 18.2 Å². The Labute approximate surface area is 130 Å². The van der Waals surface area contributed by atoms with Crippen molar-refractivity contribution >= 4 is 27.3 Å². The number of benzene rings is 1. The van der Waals surface area contributed by atoms with Gasteiger partial charge in [-0.25, -0.2) is 8.42 Å². The van der Waals surface area contributed by atoms with Gasteiger partial charge in [0.05, 0.1) is 18.0 Å². The first kappa shape index (κ1) is 17.8. The molecule has 5 nitrogen and oxygen atoms in total. The molecule has 0 amide bonds. The molecule has 0 saturated carbocycles. The summed E-state index contributed by atoms with van der Waals surface area (Å²) < 4.78 is 31.3. The number of aliphatic hydroxyl groups excluding tert-OH is 1. The molecule has 116 valence electrons. The number of hydrogen-bond donors (Lipinski definition) is 2. The lowest BCUT2D eigenvalue weighted by molar-refractivity contribution is 0.199. The second-order valence-corrected chi connectivity index (χ2v) is 6.51. The molecule has 1 rings (SSSR count). The summed E-state index contributed by atoms with van der Waals surface area (Å²) in [5.74, 6) is 5.52. The second kappa shape index (κ2) is 8.90. The Morgan fingerprint density at radius 3 is 2.86 bits per heavy atom. The predicted octanol–water partition coefficient (Wildman–Crippen LogP) is 1.85. The molecule has 0 heterocycles. The summed E-state index contributed by atoms with van der Waals surface area (Å²) in [6, 6.07) is 4.78. The van der Waals surface area contributed by atoms with E-state index in [2.05, 4.69) is 16.6 Å². The van der Waals surface area contributed by atoms with E-state index in [9.17, 15) is 8.42 Å². The molecule has 0 unspecified atom stereocenters. The number of halogens is 1. The first-order valence-electron chi connectivity index (χ1n) is 6.37. The third kappa shape index (κ3) is 6.82. The Hall–Kier alpha value is -1.26. The van der Waals surface area contributed by atoms with Crippen molar-refractivity contribution in [2.24, 2.45) is 0 Å². The monoisotopic (exact) mass is 331 g/mol. The zero-order valence-corrected chi connectivity index (χ0v) is 13.3. The van der Waals surface area contributed by atoms with Gasteiger partial charge in [0.1, 0.15) is 0 Å². The smallest absolute Gasteiger partial charge is 0.232 e. The molecule has 0 radical (unpaired) electrons. The molecule has 0 aliphatic carbocycles. The normalized spacial score (nSPS) is 10.8. The largest absolute Gasteiger partial charge is 0.395 e. The van der Waals surface area contributed by atoms with Crippen molar-refractivity contribution < 1.29 is 18.3 Å². The van der Waals surface area contributed by atoms with Crippen LogP contribution >= 0.6 is 11.6 Å². The lowest BCUT2D eigenvalue weighted by Gasteiger charge is -2.10. The first-order valence-corrected chi connectivity index (χ1v) is 8.40. The van der Waals surface area contributed by atoms with Gasteiger partial charge < -0.3 is 9.84 Å². The third-order valence-corrected chi connectivity index (χ3v) is 4.06. The van der Waals surface area contributed by atoms with Gasteiger partial charge in [0.15, 0.2) is 0 Å². The predicted molar refractivity (Wildman–Crippen MR) is 83.9 cm³/mol. The lowest BCUT2D eigenvalue weighted by atomic mass is 10.2. The zero-order valence-electron chi connectivity index (χ0n) is 11.7. The van der Waals surface area contributed by atoms with Gasteiger partial charge in [0.2, 0.25) is 10.0 Å². The van der Waals surface area contributed by atoms with Gasteiger partial charge >= 0.3 is 0 Å². The summed E-state index contributed by atoms with van der Waals surface area (Å²) >= 11 is 5.89. The Morgan fingerprint density at radius 1 is 1.43 bits per heavy atom. The van der Waals surface area contributed by atoms with Gasteiger partial charge in [-0.2, -0.15) is 0 Å². The summed E-state index contributed by atoms with van der Waals surface area (Å²) in [5.41, 5.74) is 0.855. The molecule has 0 saturated heterocycles. The SMILES string of the molecule is COCCCS(=O)(=O)Nc1cc(Cl)ccc1C#CCCO. The van der Waals surface area contributed by atoms with E-state index in [-0.39, 0.29) is 12.4 Å². The summed E-state index contributed by atoms with van der Waals surface area (Å²) in [6.07, 6.45) is 0.723. The van der Waals surface area contributed by atoms with E-state index in [0.717, 1.165) is 0 Å². The van der Waals surface area contributed by atoms with Crippen LogP contribution in [0, 0.1) is 11.8 Å². The minimum Gasteiger partial charge on any atom is -0.395 e. The molecule has 0 aliphatic heterocycles. The van der Waals surface area contributed by atoms with E-state index in [4.69, 9.17) is 21.4 Å². The van der Waals surface area contributed by atoms with E-state index >= 15 is 0 Å². The Balaban J connectivity index is 2.91. The molecule has 7 heteroatoms. The van der Waals surface area contributed by atoms with Crippen LogP contribution in [-0.2, 0) is 14.8 Å². The number of anilines is 1. The fourth-order valence-electron chi connectivity index (χ4n) is 1.54. The van der Waals surface area contributed by atoms with Crippen LogP contribution in [0.25, 0.3) is 0 Å². The minimum absolute atomic E-state index is 0.0430. The van der Waals surface area contributed by atoms with Gasteiger partial charge in [-0.05, 0) is 24.6 Å². The minimum atomic E-state index is -3.48. The number of nitrogens with one attached hydrogen (secondary N) is 1.